The average molecular weight is 573 g/mol. The van der Waals surface area contributed by atoms with Crippen molar-refractivity contribution in [3.63, 3.8) is 0 Å². The van der Waals surface area contributed by atoms with Crippen molar-refractivity contribution in [1.29, 1.82) is 0 Å². The van der Waals surface area contributed by atoms with Crippen molar-refractivity contribution < 1.29 is 28.3 Å². The summed E-state index contributed by atoms with van der Waals surface area (Å²) in [7, 11) is 1.49. The highest BCUT2D eigenvalue weighted by molar-refractivity contribution is 6.07. The van der Waals surface area contributed by atoms with Crippen molar-refractivity contribution in [2.45, 2.75) is 25.2 Å². The predicted octanol–water partition coefficient (Wildman–Crippen LogP) is 1.53. The van der Waals surface area contributed by atoms with Crippen LogP contribution in [-0.4, -0.2) is 80.9 Å². The van der Waals surface area contributed by atoms with Crippen LogP contribution in [0.1, 0.15) is 16.9 Å². The molecule has 0 saturated carbocycles. The molecule has 214 valence electrons. The third-order valence-electron chi connectivity index (χ3n) is 7.36. The molecule has 1 fully saturated rings. The number of nitrogens with zero attached hydrogens (tertiary/aromatic N) is 6. The zero-order chi connectivity index (χ0) is 29.5. The van der Waals surface area contributed by atoms with Crippen LogP contribution in [0.5, 0.6) is 5.75 Å². The first kappa shape index (κ1) is 26.8. The van der Waals surface area contributed by atoms with Gasteiger partial charge < -0.3 is 25.6 Å². The predicted molar refractivity (Wildman–Crippen MR) is 148 cm³/mol. The van der Waals surface area contributed by atoms with E-state index in [1.165, 1.54) is 27.7 Å². The second kappa shape index (κ2) is 10.5. The van der Waals surface area contributed by atoms with Crippen LogP contribution < -0.4 is 20.7 Å². The molecule has 2 aromatic carbocycles. The van der Waals surface area contributed by atoms with E-state index in [4.69, 9.17) is 10.5 Å². The number of para-hydroxylation sites is 1. The number of hydrogen-bond donors (Lipinski definition) is 2. The van der Waals surface area contributed by atoms with Crippen LogP contribution in [0.3, 0.4) is 0 Å². The van der Waals surface area contributed by atoms with Gasteiger partial charge in [-0.25, -0.2) is 4.39 Å². The van der Waals surface area contributed by atoms with Crippen LogP contribution in [0.2, 0.25) is 0 Å². The molecule has 0 aliphatic carbocycles. The first-order chi connectivity index (χ1) is 20.2. The van der Waals surface area contributed by atoms with Crippen LogP contribution in [-0.2, 0) is 20.9 Å². The minimum Gasteiger partial charge on any atom is -0.481 e. The summed E-state index contributed by atoms with van der Waals surface area (Å²) in [6.07, 6.45) is 1.50. The van der Waals surface area contributed by atoms with E-state index in [1.807, 2.05) is 0 Å². The van der Waals surface area contributed by atoms with Crippen molar-refractivity contribution in [2.75, 3.05) is 30.4 Å². The Bertz CT molecular complexity index is 1740. The number of carbonyl (C=O) groups excluding carboxylic acids is 4. The molecule has 1 saturated heterocycles. The van der Waals surface area contributed by atoms with Crippen molar-refractivity contribution in [1.82, 2.24) is 24.9 Å². The van der Waals surface area contributed by atoms with Crippen molar-refractivity contribution >= 4 is 45.9 Å². The number of nitrogens with one attached hydrogen (secondary N) is 1. The second-order valence-electron chi connectivity index (χ2n) is 10.0. The van der Waals surface area contributed by atoms with E-state index >= 15 is 0 Å². The van der Waals surface area contributed by atoms with Crippen molar-refractivity contribution in [3.05, 3.63) is 60.6 Å². The number of hydrogen-bond acceptors (Lipinski definition) is 8. The van der Waals surface area contributed by atoms with Gasteiger partial charge in [-0.15, -0.1) is 0 Å². The minimum atomic E-state index is -1.42. The third kappa shape index (κ3) is 4.76. The molecule has 4 aromatic rings. The molecule has 4 heterocycles. The zero-order valence-electron chi connectivity index (χ0n) is 22.4. The molecule has 0 bridgehead atoms. The van der Waals surface area contributed by atoms with Crippen LogP contribution in [0.4, 0.5) is 15.8 Å². The molecule has 2 aromatic heterocycles. The fourth-order valence-corrected chi connectivity index (χ4v) is 5.34. The Labute approximate surface area is 238 Å². The molecule has 2 atom stereocenters. The molecule has 4 amide bonds. The van der Waals surface area contributed by atoms with Gasteiger partial charge in [-0.3, -0.25) is 23.9 Å². The summed E-state index contributed by atoms with van der Waals surface area (Å²) >= 11 is 0. The zero-order valence-corrected chi connectivity index (χ0v) is 22.4. The highest BCUT2D eigenvalue weighted by Crippen LogP contribution is 2.37. The number of rotatable bonds is 6. The van der Waals surface area contributed by atoms with E-state index in [-0.39, 0.29) is 37.7 Å². The summed E-state index contributed by atoms with van der Waals surface area (Å²) in [5.41, 5.74) is 8.20. The van der Waals surface area contributed by atoms with Gasteiger partial charge in [0.25, 0.3) is 11.8 Å². The first-order valence-corrected chi connectivity index (χ1v) is 13.1. The number of anilines is 2. The van der Waals surface area contributed by atoms with E-state index in [2.05, 4.69) is 20.6 Å². The Balaban J connectivity index is 1.27. The third-order valence-corrected chi connectivity index (χ3v) is 7.36. The number of likely N-dealkylation sites (tertiary alicyclic amines) is 1. The van der Waals surface area contributed by atoms with Gasteiger partial charge in [0.1, 0.15) is 30.2 Å². The van der Waals surface area contributed by atoms with Gasteiger partial charge in [-0.2, -0.15) is 15.3 Å². The maximum Gasteiger partial charge on any atom is 0.269 e. The highest BCUT2D eigenvalue weighted by atomic mass is 19.1. The summed E-state index contributed by atoms with van der Waals surface area (Å²) < 4.78 is 21.5. The molecule has 3 N–H and O–H groups in total. The number of benzene rings is 2. The molecule has 6 rings (SSSR count). The standard InChI is InChI=1S/C28H25FN8O5/c1-35(20-3-2-4-22-26(20)33-23(38)14-42-22)28(41)21-10-17(29)12-36(21)24(39)13-37-19-6-5-15(16-7-8-31-32-11-16)9-18(19)25(34-37)27(30)40/h2-9,11,17,21H,10,12-14H2,1H3,(H2,30,40)(H,33,38)/t17-,21+/m1/s1. The lowest BCUT2D eigenvalue weighted by atomic mass is 10.0. The number of carbonyl (C=O) groups is 4. The number of aromatic nitrogens is 4. The van der Waals surface area contributed by atoms with E-state index in [1.54, 1.807) is 48.7 Å². The SMILES string of the molecule is CN(C(=O)[C@@H]1C[C@@H](F)CN1C(=O)Cn1nc(C(N)=O)c2cc(-c3ccnnc3)ccc21)c1cccc2c1NC(=O)CO2. The van der Waals surface area contributed by atoms with E-state index in [9.17, 15) is 23.6 Å². The van der Waals surface area contributed by atoms with Gasteiger partial charge >= 0.3 is 0 Å². The largest absolute Gasteiger partial charge is 0.481 e. The van der Waals surface area contributed by atoms with Crippen molar-refractivity contribution in [2.24, 2.45) is 5.73 Å². The topological polar surface area (TPSA) is 166 Å². The van der Waals surface area contributed by atoms with Crippen LogP contribution in [0.25, 0.3) is 22.0 Å². The van der Waals surface area contributed by atoms with E-state index < -0.39 is 29.9 Å². The van der Waals surface area contributed by atoms with Gasteiger partial charge in [-0.1, -0.05) is 12.1 Å². The molecular formula is C28H25FN8O5. The van der Waals surface area contributed by atoms with Gasteiger partial charge in [0, 0.05) is 24.4 Å². The lowest BCUT2D eigenvalue weighted by Crippen LogP contribution is -2.48. The number of primary amides is 1. The monoisotopic (exact) mass is 572 g/mol. The molecule has 2 aliphatic rings. The van der Waals surface area contributed by atoms with E-state index in [0.717, 1.165) is 11.1 Å². The van der Waals surface area contributed by atoms with Gasteiger partial charge in [-0.05, 0) is 35.9 Å². The number of alkyl halides is 1. The van der Waals surface area contributed by atoms with Crippen molar-refractivity contribution in [3.8, 4) is 16.9 Å². The molecule has 42 heavy (non-hydrogen) atoms. The molecule has 0 radical (unpaired) electrons. The summed E-state index contributed by atoms with van der Waals surface area (Å²) in [6, 6.07) is 10.8. The quantitative estimate of drug-likeness (QED) is 0.351. The van der Waals surface area contributed by atoms with Crippen LogP contribution >= 0.6 is 0 Å². The Kier molecular flexibility index (Phi) is 6.72. The number of halogens is 1. The number of amides is 4. The summed E-state index contributed by atoms with van der Waals surface area (Å²) in [6.45, 7) is -0.786. The number of nitrogens with two attached hydrogens (primary N) is 1. The van der Waals surface area contributed by atoms with Crippen LogP contribution in [0.15, 0.2) is 54.9 Å². The second-order valence-corrected chi connectivity index (χ2v) is 10.0. The fourth-order valence-electron chi connectivity index (χ4n) is 5.34. The maximum atomic E-state index is 14.7. The lowest BCUT2D eigenvalue weighted by molar-refractivity contribution is -0.138. The smallest absolute Gasteiger partial charge is 0.269 e. The fraction of sp³-hybridized carbons (Fsp3) is 0.250. The highest BCUT2D eigenvalue weighted by Gasteiger charge is 2.42. The molecule has 0 spiro atoms. The summed E-state index contributed by atoms with van der Waals surface area (Å²) in [4.78, 5) is 53.8. The maximum absolute atomic E-state index is 14.7. The lowest BCUT2D eigenvalue weighted by Gasteiger charge is -2.30. The average Bonchev–Trinajstić information content (AvgIpc) is 3.56. The van der Waals surface area contributed by atoms with E-state index in [0.29, 0.717) is 28.0 Å². The Hall–Kier alpha value is -5.40. The first-order valence-electron chi connectivity index (χ1n) is 13.1. The Morgan fingerprint density at radius 2 is 2.00 bits per heavy atom. The minimum absolute atomic E-state index is 0.0306. The molecular weight excluding hydrogens is 547 g/mol. The normalized spacial score (nSPS) is 17.9. The summed E-state index contributed by atoms with van der Waals surface area (Å²) in [5.74, 6) is -1.85. The summed E-state index contributed by atoms with van der Waals surface area (Å²) in [5, 5.41) is 15.1. The molecule has 0 unspecified atom stereocenters. The van der Waals surface area contributed by atoms with Gasteiger partial charge in [0.2, 0.25) is 11.8 Å². The molecule has 14 heteroatoms. The van der Waals surface area contributed by atoms with Gasteiger partial charge in [0.05, 0.1) is 30.1 Å². The Morgan fingerprint density at radius 3 is 2.76 bits per heavy atom. The molecule has 2 aliphatic heterocycles. The number of likely N-dealkylation sites (N-methyl/N-ethyl adjacent to an activating group) is 1. The molecule has 13 nitrogen and oxygen atoms in total. The van der Waals surface area contributed by atoms with Crippen LogP contribution in [0, 0.1) is 0 Å². The Morgan fingerprint density at radius 1 is 1.17 bits per heavy atom. The van der Waals surface area contributed by atoms with Gasteiger partial charge in [0.15, 0.2) is 12.3 Å². The number of fused-ring (bicyclic) bond motifs is 2. The number of ether oxygens (including phenoxy) is 1.